The van der Waals surface area contributed by atoms with Crippen LogP contribution in [-0.2, 0) is 19.6 Å². The number of urea groups is 1. The van der Waals surface area contributed by atoms with E-state index in [2.05, 4.69) is 21.0 Å². The molecule has 1 unspecified atom stereocenters. The van der Waals surface area contributed by atoms with Crippen LogP contribution in [0.5, 0.6) is 11.5 Å². The number of benzene rings is 1. The van der Waals surface area contributed by atoms with Crippen molar-refractivity contribution in [3.05, 3.63) is 41.7 Å². The van der Waals surface area contributed by atoms with E-state index < -0.39 is 0 Å². The molecule has 27 heavy (non-hydrogen) atoms. The highest BCUT2D eigenvalue weighted by atomic mass is 16.6. The molecule has 1 aromatic carbocycles. The summed E-state index contributed by atoms with van der Waals surface area (Å²) in [6, 6.07) is 9.47. The van der Waals surface area contributed by atoms with Crippen molar-refractivity contribution in [2.75, 3.05) is 19.7 Å². The van der Waals surface area contributed by atoms with E-state index in [9.17, 15) is 4.79 Å². The van der Waals surface area contributed by atoms with Crippen LogP contribution in [0.1, 0.15) is 24.2 Å². The Hall–Kier alpha value is -2.74. The standard InChI is InChI=1S/C19H25N5O3/c25-19(22-11-14-10-15-12-20-7-3-9-24(15)23-14)21-8-6-16-13-26-17-4-1-2-5-18(17)27-16/h1-2,4-5,10,16,20H,3,6-9,11-13H2,(H2,21,22,25). The van der Waals surface area contributed by atoms with Gasteiger partial charge in [0.15, 0.2) is 11.5 Å². The fourth-order valence-electron chi connectivity index (χ4n) is 3.29. The van der Waals surface area contributed by atoms with Gasteiger partial charge in [0.1, 0.15) is 12.7 Å². The van der Waals surface area contributed by atoms with Crippen molar-refractivity contribution in [1.29, 1.82) is 0 Å². The number of carbonyl (C=O) groups is 1. The Morgan fingerprint density at radius 3 is 3.11 bits per heavy atom. The molecule has 3 heterocycles. The number of fused-ring (bicyclic) bond motifs is 2. The molecule has 4 rings (SSSR count). The quantitative estimate of drug-likeness (QED) is 0.739. The third kappa shape index (κ3) is 4.51. The lowest BCUT2D eigenvalue weighted by Gasteiger charge is -2.26. The van der Waals surface area contributed by atoms with Crippen LogP contribution in [0.3, 0.4) is 0 Å². The third-order valence-electron chi connectivity index (χ3n) is 4.69. The van der Waals surface area contributed by atoms with Gasteiger partial charge in [-0.2, -0.15) is 5.10 Å². The first-order valence-electron chi connectivity index (χ1n) is 9.44. The summed E-state index contributed by atoms with van der Waals surface area (Å²) in [5.74, 6) is 1.53. The number of nitrogens with zero attached hydrogens (tertiary/aromatic N) is 2. The van der Waals surface area contributed by atoms with Gasteiger partial charge in [-0.15, -0.1) is 0 Å². The van der Waals surface area contributed by atoms with Crippen LogP contribution in [0.15, 0.2) is 30.3 Å². The van der Waals surface area contributed by atoms with Gasteiger partial charge in [-0.05, 0) is 31.2 Å². The van der Waals surface area contributed by atoms with Crippen LogP contribution in [0.2, 0.25) is 0 Å². The van der Waals surface area contributed by atoms with Crippen molar-refractivity contribution in [1.82, 2.24) is 25.7 Å². The molecule has 0 saturated heterocycles. The first kappa shape index (κ1) is 17.7. The molecule has 0 aliphatic carbocycles. The van der Waals surface area contributed by atoms with Crippen molar-refractivity contribution < 1.29 is 14.3 Å². The zero-order chi connectivity index (χ0) is 18.5. The molecule has 2 aromatic rings. The third-order valence-corrected chi connectivity index (χ3v) is 4.69. The Morgan fingerprint density at radius 1 is 1.30 bits per heavy atom. The summed E-state index contributed by atoms with van der Waals surface area (Å²) >= 11 is 0. The van der Waals surface area contributed by atoms with Gasteiger partial charge in [0.05, 0.1) is 17.9 Å². The number of rotatable bonds is 5. The minimum atomic E-state index is -0.201. The van der Waals surface area contributed by atoms with Gasteiger partial charge in [-0.3, -0.25) is 4.68 Å². The van der Waals surface area contributed by atoms with Gasteiger partial charge >= 0.3 is 6.03 Å². The molecule has 1 aromatic heterocycles. The van der Waals surface area contributed by atoms with Crippen LogP contribution in [0.4, 0.5) is 4.79 Å². The van der Waals surface area contributed by atoms with E-state index in [0.717, 1.165) is 43.2 Å². The fraction of sp³-hybridized carbons (Fsp3) is 0.474. The molecule has 144 valence electrons. The summed E-state index contributed by atoms with van der Waals surface area (Å²) in [6.45, 7) is 4.19. The van der Waals surface area contributed by atoms with Crippen LogP contribution < -0.4 is 25.4 Å². The Morgan fingerprint density at radius 2 is 2.19 bits per heavy atom. The van der Waals surface area contributed by atoms with E-state index in [1.807, 2.05) is 35.0 Å². The van der Waals surface area contributed by atoms with E-state index in [1.165, 1.54) is 5.69 Å². The summed E-state index contributed by atoms with van der Waals surface area (Å²) in [6.07, 6.45) is 1.70. The molecule has 2 aliphatic heterocycles. The molecular weight excluding hydrogens is 346 g/mol. The first-order valence-corrected chi connectivity index (χ1v) is 9.44. The molecule has 0 spiro atoms. The van der Waals surface area contributed by atoms with E-state index in [-0.39, 0.29) is 12.1 Å². The maximum atomic E-state index is 12.0. The lowest BCUT2D eigenvalue weighted by atomic mass is 10.2. The Kier molecular flexibility index (Phi) is 5.43. The van der Waals surface area contributed by atoms with Gasteiger partial charge in [0.25, 0.3) is 0 Å². The lowest BCUT2D eigenvalue weighted by molar-refractivity contribution is 0.0853. The smallest absolute Gasteiger partial charge is 0.315 e. The minimum Gasteiger partial charge on any atom is -0.486 e. The normalized spacial score (nSPS) is 18.3. The van der Waals surface area contributed by atoms with Crippen LogP contribution in [0.25, 0.3) is 0 Å². The average molecular weight is 371 g/mol. The predicted octanol–water partition coefficient (Wildman–Crippen LogP) is 1.41. The number of carbonyl (C=O) groups excluding carboxylic acids is 1. The van der Waals surface area contributed by atoms with Crippen molar-refractivity contribution >= 4 is 6.03 Å². The number of hydrogen-bond acceptors (Lipinski definition) is 5. The number of nitrogens with one attached hydrogen (secondary N) is 3. The van der Waals surface area contributed by atoms with E-state index in [4.69, 9.17) is 9.47 Å². The molecule has 1 atom stereocenters. The van der Waals surface area contributed by atoms with E-state index in [0.29, 0.717) is 26.1 Å². The Labute approximate surface area is 158 Å². The van der Waals surface area contributed by atoms with Crippen LogP contribution in [-0.4, -0.2) is 41.6 Å². The average Bonchev–Trinajstić information content (AvgIpc) is 2.95. The predicted molar refractivity (Wildman–Crippen MR) is 99.8 cm³/mol. The second kappa shape index (κ2) is 8.30. The molecule has 0 bridgehead atoms. The number of ether oxygens (including phenoxy) is 2. The number of amides is 2. The molecular formula is C19H25N5O3. The first-order chi connectivity index (χ1) is 13.3. The molecule has 0 saturated carbocycles. The fourth-order valence-corrected chi connectivity index (χ4v) is 3.29. The Balaban J connectivity index is 1.17. The van der Waals surface area contributed by atoms with Crippen molar-refractivity contribution in [2.45, 2.75) is 38.6 Å². The van der Waals surface area contributed by atoms with Gasteiger partial charge in [0.2, 0.25) is 0 Å². The summed E-state index contributed by atoms with van der Waals surface area (Å²) in [7, 11) is 0. The monoisotopic (exact) mass is 371 g/mol. The van der Waals surface area contributed by atoms with Gasteiger partial charge in [-0.25, -0.2) is 4.79 Å². The minimum absolute atomic E-state index is 0.0588. The molecule has 2 amide bonds. The zero-order valence-corrected chi connectivity index (χ0v) is 15.2. The van der Waals surface area contributed by atoms with Gasteiger partial charge in [-0.1, -0.05) is 12.1 Å². The topological polar surface area (TPSA) is 89.4 Å². The van der Waals surface area contributed by atoms with Gasteiger partial charge in [0, 0.05) is 26.1 Å². The summed E-state index contributed by atoms with van der Waals surface area (Å²) in [5, 5.41) is 13.6. The maximum absolute atomic E-state index is 12.0. The maximum Gasteiger partial charge on any atom is 0.315 e. The molecule has 3 N–H and O–H groups in total. The summed E-state index contributed by atoms with van der Waals surface area (Å²) in [4.78, 5) is 12.0. The lowest BCUT2D eigenvalue weighted by Crippen LogP contribution is -2.38. The van der Waals surface area contributed by atoms with Gasteiger partial charge < -0.3 is 25.4 Å². The number of hydrogen-bond donors (Lipinski definition) is 3. The highest BCUT2D eigenvalue weighted by Crippen LogP contribution is 2.31. The molecule has 2 aliphatic rings. The van der Waals surface area contributed by atoms with Crippen molar-refractivity contribution in [2.24, 2.45) is 0 Å². The van der Waals surface area contributed by atoms with E-state index >= 15 is 0 Å². The highest BCUT2D eigenvalue weighted by molar-refractivity contribution is 5.73. The SMILES string of the molecule is O=C(NCCC1COc2ccccc2O1)NCc1cc2n(n1)CCCNC2. The second-order valence-electron chi connectivity index (χ2n) is 6.78. The zero-order valence-electron chi connectivity index (χ0n) is 15.2. The van der Waals surface area contributed by atoms with Crippen molar-refractivity contribution in [3.8, 4) is 11.5 Å². The molecule has 0 radical (unpaired) electrons. The Bertz CT molecular complexity index is 768. The second-order valence-corrected chi connectivity index (χ2v) is 6.78. The van der Waals surface area contributed by atoms with E-state index in [1.54, 1.807) is 0 Å². The van der Waals surface area contributed by atoms with Crippen LogP contribution >= 0.6 is 0 Å². The van der Waals surface area contributed by atoms with Crippen LogP contribution in [0, 0.1) is 0 Å². The number of para-hydroxylation sites is 2. The molecule has 8 heteroatoms. The molecule has 8 nitrogen and oxygen atoms in total. The highest BCUT2D eigenvalue weighted by Gasteiger charge is 2.20. The largest absolute Gasteiger partial charge is 0.486 e. The van der Waals surface area contributed by atoms with Crippen molar-refractivity contribution in [3.63, 3.8) is 0 Å². The molecule has 0 fully saturated rings. The summed E-state index contributed by atoms with van der Waals surface area (Å²) in [5.41, 5.74) is 2.05. The number of aromatic nitrogens is 2. The summed E-state index contributed by atoms with van der Waals surface area (Å²) < 4.78 is 13.6. The number of aryl methyl sites for hydroxylation is 1.